The van der Waals surface area contributed by atoms with E-state index in [1.54, 1.807) is 6.92 Å². The average Bonchev–Trinajstić information content (AvgIpc) is 2.37. The predicted octanol–water partition coefficient (Wildman–Crippen LogP) is 1.99. The highest BCUT2D eigenvalue weighted by Gasteiger charge is 2.33. The van der Waals surface area contributed by atoms with Crippen LogP contribution in [0.25, 0.3) is 0 Å². The monoisotopic (exact) mass is 360 g/mol. The molecule has 1 aliphatic rings. The van der Waals surface area contributed by atoms with Gasteiger partial charge < -0.3 is 10.1 Å². The summed E-state index contributed by atoms with van der Waals surface area (Å²) in [6, 6.07) is 4.01. The molecule has 1 aliphatic heterocycles. The Bertz CT molecular complexity index is 593. The molecular weight excluding hydrogens is 345 g/mol. The summed E-state index contributed by atoms with van der Waals surface area (Å²) in [5, 5.41) is 3.07. The van der Waals surface area contributed by atoms with Crippen molar-refractivity contribution in [2.75, 3.05) is 19.6 Å². The molecule has 22 heavy (non-hydrogen) atoms. The van der Waals surface area contributed by atoms with Crippen LogP contribution in [0, 0.1) is 0 Å². The molecule has 0 saturated carbocycles. The predicted molar refractivity (Wildman–Crippen MR) is 76.6 cm³/mol. The lowest BCUT2D eigenvalue weighted by molar-refractivity contribution is -0.274. The third kappa shape index (κ3) is 4.48. The Hall–Kier alpha value is -1.03. The van der Waals surface area contributed by atoms with E-state index < -0.39 is 22.1 Å². The van der Waals surface area contributed by atoms with Gasteiger partial charge in [0, 0.05) is 25.7 Å². The number of nitrogens with zero attached hydrogens (tertiary/aromatic N) is 1. The van der Waals surface area contributed by atoms with Crippen molar-refractivity contribution < 1.29 is 26.3 Å². The van der Waals surface area contributed by atoms with E-state index in [1.165, 1.54) is 4.31 Å². The second-order valence-corrected chi connectivity index (χ2v) is 6.58. The maximum Gasteiger partial charge on any atom is 0.573 e. The molecule has 0 bridgehead atoms. The van der Waals surface area contributed by atoms with E-state index in [0.29, 0.717) is 19.6 Å². The van der Waals surface area contributed by atoms with Crippen LogP contribution in [-0.4, -0.2) is 44.8 Å². The summed E-state index contributed by atoms with van der Waals surface area (Å²) >= 11 is 0. The van der Waals surface area contributed by atoms with Crippen LogP contribution in [0.4, 0.5) is 13.2 Å². The summed E-state index contributed by atoms with van der Waals surface area (Å²) in [6.45, 7) is 3.17. The van der Waals surface area contributed by atoms with Crippen LogP contribution in [0.2, 0.25) is 0 Å². The number of hydrogen-bond donors (Lipinski definition) is 1. The molecule has 1 N–H and O–H groups in total. The van der Waals surface area contributed by atoms with Gasteiger partial charge in [0.05, 0.1) is 4.90 Å². The number of halogens is 4. The van der Waals surface area contributed by atoms with Crippen LogP contribution in [0.5, 0.6) is 5.75 Å². The molecule has 0 spiro atoms. The van der Waals surface area contributed by atoms with E-state index in [9.17, 15) is 21.6 Å². The van der Waals surface area contributed by atoms with E-state index in [0.717, 1.165) is 24.3 Å². The van der Waals surface area contributed by atoms with Crippen molar-refractivity contribution in [3.05, 3.63) is 24.3 Å². The van der Waals surface area contributed by atoms with Crippen molar-refractivity contribution >= 4 is 22.4 Å². The van der Waals surface area contributed by atoms with Gasteiger partial charge >= 0.3 is 6.36 Å². The van der Waals surface area contributed by atoms with Crippen molar-refractivity contribution in [1.82, 2.24) is 9.62 Å². The molecule has 0 unspecified atom stereocenters. The molecule has 0 amide bonds. The third-order valence-corrected chi connectivity index (χ3v) is 5.13. The van der Waals surface area contributed by atoms with Gasteiger partial charge in [0.2, 0.25) is 10.0 Å². The van der Waals surface area contributed by atoms with Crippen LogP contribution < -0.4 is 10.1 Å². The summed E-state index contributed by atoms with van der Waals surface area (Å²) < 4.78 is 66.1. The number of hydrogen-bond acceptors (Lipinski definition) is 4. The molecular formula is C12H16ClF3N2O3S. The van der Waals surface area contributed by atoms with E-state index in [1.807, 2.05) is 0 Å². The lowest BCUT2D eigenvalue weighted by Crippen LogP contribution is -2.52. The first kappa shape index (κ1) is 19.0. The van der Waals surface area contributed by atoms with Crippen molar-refractivity contribution in [1.29, 1.82) is 0 Å². The number of nitrogens with one attached hydrogen (secondary N) is 1. The lowest BCUT2D eigenvalue weighted by Gasteiger charge is -2.32. The SMILES string of the molecule is C[C@H]1CNCCN1S(=O)(=O)c1ccc(OC(F)(F)F)cc1.Cl. The van der Waals surface area contributed by atoms with Crippen molar-refractivity contribution in [2.24, 2.45) is 0 Å². The number of piperazine rings is 1. The molecule has 0 aliphatic carbocycles. The minimum atomic E-state index is -4.80. The van der Waals surface area contributed by atoms with Gasteiger partial charge in [-0.15, -0.1) is 25.6 Å². The molecule has 1 aromatic carbocycles. The summed E-state index contributed by atoms with van der Waals surface area (Å²) in [5.41, 5.74) is 0. The first-order valence-corrected chi connectivity index (χ1v) is 7.72. The normalized spacial score (nSPS) is 20.3. The molecule has 126 valence electrons. The maximum atomic E-state index is 12.4. The van der Waals surface area contributed by atoms with Crippen molar-refractivity contribution in [2.45, 2.75) is 24.2 Å². The number of ether oxygens (including phenoxy) is 1. The van der Waals surface area contributed by atoms with Gasteiger partial charge in [-0.1, -0.05) is 0 Å². The zero-order valence-corrected chi connectivity index (χ0v) is 13.3. The molecule has 10 heteroatoms. The highest BCUT2D eigenvalue weighted by atomic mass is 35.5. The Kier molecular flexibility index (Phi) is 6.08. The van der Waals surface area contributed by atoms with Crippen molar-refractivity contribution in [3.8, 4) is 5.75 Å². The Morgan fingerprint density at radius 1 is 1.27 bits per heavy atom. The zero-order chi connectivity index (χ0) is 15.7. The van der Waals surface area contributed by atoms with E-state index in [-0.39, 0.29) is 23.3 Å². The molecule has 5 nitrogen and oxygen atoms in total. The second-order valence-electron chi connectivity index (χ2n) is 4.69. The number of sulfonamides is 1. The molecule has 0 aromatic heterocycles. The van der Waals surface area contributed by atoms with Crippen LogP contribution in [-0.2, 0) is 10.0 Å². The van der Waals surface area contributed by atoms with Gasteiger partial charge in [0.25, 0.3) is 0 Å². The van der Waals surface area contributed by atoms with E-state index >= 15 is 0 Å². The summed E-state index contributed by atoms with van der Waals surface area (Å²) in [5.74, 6) is -0.449. The molecule has 2 rings (SSSR count). The van der Waals surface area contributed by atoms with E-state index in [2.05, 4.69) is 10.1 Å². The Morgan fingerprint density at radius 2 is 1.86 bits per heavy atom. The average molecular weight is 361 g/mol. The first-order chi connectivity index (χ1) is 9.70. The Balaban J connectivity index is 0.00000242. The largest absolute Gasteiger partial charge is 0.573 e. The first-order valence-electron chi connectivity index (χ1n) is 6.28. The van der Waals surface area contributed by atoms with Gasteiger partial charge in [0.1, 0.15) is 5.75 Å². The Morgan fingerprint density at radius 3 is 2.36 bits per heavy atom. The smallest absolute Gasteiger partial charge is 0.406 e. The van der Waals surface area contributed by atoms with Gasteiger partial charge in [-0.05, 0) is 31.2 Å². The zero-order valence-electron chi connectivity index (χ0n) is 11.6. The maximum absolute atomic E-state index is 12.4. The summed E-state index contributed by atoms with van der Waals surface area (Å²) in [6.07, 6.45) is -4.80. The van der Waals surface area contributed by atoms with Gasteiger partial charge in [0.15, 0.2) is 0 Å². The molecule has 1 heterocycles. The highest BCUT2D eigenvalue weighted by molar-refractivity contribution is 7.89. The number of alkyl halides is 3. The fraction of sp³-hybridized carbons (Fsp3) is 0.500. The van der Waals surface area contributed by atoms with Crippen LogP contribution in [0.1, 0.15) is 6.92 Å². The minimum Gasteiger partial charge on any atom is -0.406 e. The Labute approximate surface area is 132 Å². The highest BCUT2D eigenvalue weighted by Crippen LogP contribution is 2.25. The van der Waals surface area contributed by atoms with Crippen LogP contribution in [0.3, 0.4) is 0 Å². The molecule has 0 radical (unpaired) electrons. The van der Waals surface area contributed by atoms with Gasteiger partial charge in [-0.3, -0.25) is 0 Å². The molecule has 1 fully saturated rings. The quantitative estimate of drug-likeness (QED) is 0.895. The minimum absolute atomic E-state index is 0. The number of benzene rings is 1. The van der Waals surface area contributed by atoms with Gasteiger partial charge in [-0.2, -0.15) is 4.31 Å². The van der Waals surface area contributed by atoms with Crippen molar-refractivity contribution in [3.63, 3.8) is 0 Å². The second kappa shape index (κ2) is 7.03. The third-order valence-electron chi connectivity index (χ3n) is 3.10. The fourth-order valence-electron chi connectivity index (χ4n) is 2.13. The lowest BCUT2D eigenvalue weighted by atomic mass is 10.3. The topological polar surface area (TPSA) is 58.6 Å². The molecule has 1 saturated heterocycles. The van der Waals surface area contributed by atoms with E-state index in [4.69, 9.17) is 0 Å². The summed E-state index contributed by atoms with van der Waals surface area (Å²) in [4.78, 5) is -0.0502. The van der Waals surface area contributed by atoms with Gasteiger partial charge in [-0.25, -0.2) is 8.42 Å². The summed E-state index contributed by atoms with van der Waals surface area (Å²) in [7, 11) is -3.72. The van der Waals surface area contributed by atoms with Crippen LogP contribution >= 0.6 is 12.4 Å². The molecule has 1 aromatic rings. The number of rotatable bonds is 3. The van der Waals surface area contributed by atoms with Crippen LogP contribution in [0.15, 0.2) is 29.2 Å². The standard InChI is InChI=1S/C12H15F3N2O3S.ClH/c1-9-8-16-6-7-17(9)21(18,19)11-4-2-10(3-5-11)20-12(13,14)15;/h2-5,9,16H,6-8H2,1H3;1H/t9-;/m0./s1. The fourth-order valence-corrected chi connectivity index (χ4v) is 3.76. The molecule has 1 atom stereocenters.